The van der Waals surface area contributed by atoms with Crippen molar-refractivity contribution in [1.82, 2.24) is 0 Å². The first-order chi connectivity index (χ1) is 9.24. The van der Waals surface area contributed by atoms with Gasteiger partial charge in [0.2, 0.25) is 0 Å². The van der Waals surface area contributed by atoms with Crippen molar-refractivity contribution in [2.75, 3.05) is 12.4 Å². The standard InChI is InChI=1S/C18H29NO/c1-17(2,3)13-9-10-15(20-6)14(12-13)19-16-8-7-11-18(16,4)5/h9-10,12,16,19H,7-8,11H2,1-6H3. The van der Waals surface area contributed by atoms with E-state index in [1.54, 1.807) is 7.11 Å². The minimum Gasteiger partial charge on any atom is -0.495 e. The predicted molar refractivity (Wildman–Crippen MR) is 86.7 cm³/mol. The lowest BCUT2D eigenvalue weighted by molar-refractivity contribution is 0.348. The SMILES string of the molecule is COc1ccc(C(C)(C)C)cc1NC1CCCC1(C)C. The molecule has 1 aromatic rings. The number of ether oxygens (including phenoxy) is 1. The van der Waals surface area contributed by atoms with Gasteiger partial charge in [-0.15, -0.1) is 0 Å². The van der Waals surface area contributed by atoms with E-state index < -0.39 is 0 Å². The molecule has 1 unspecified atom stereocenters. The molecule has 1 N–H and O–H groups in total. The topological polar surface area (TPSA) is 21.3 Å². The van der Waals surface area contributed by atoms with Gasteiger partial charge in [0.1, 0.15) is 5.75 Å². The average molecular weight is 275 g/mol. The largest absolute Gasteiger partial charge is 0.495 e. The Balaban J connectivity index is 2.29. The molecule has 0 amide bonds. The van der Waals surface area contributed by atoms with Crippen LogP contribution in [-0.4, -0.2) is 13.2 Å². The smallest absolute Gasteiger partial charge is 0.141 e. The van der Waals surface area contributed by atoms with Gasteiger partial charge in [-0.2, -0.15) is 0 Å². The van der Waals surface area contributed by atoms with E-state index in [4.69, 9.17) is 4.74 Å². The van der Waals surface area contributed by atoms with Gasteiger partial charge >= 0.3 is 0 Å². The predicted octanol–water partition coefficient (Wildman–Crippen LogP) is 4.98. The minimum absolute atomic E-state index is 0.161. The first kappa shape index (κ1) is 15.2. The quantitative estimate of drug-likeness (QED) is 0.839. The number of hydrogen-bond acceptors (Lipinski definition) is 2. The lowest BCUT2D eigenvalue weighted by Crippen LogP contribution is -2.31. The third-order valence-corrected chi connectivity index (χ3v) is 4.65. The van der Waals surface area contributed by atoms with Gasteiger partial charge in [0.25, 0.3) is 0 Å². The maximum absolute atomic E-state index is 5.53. The Bertz CT molecular complexity index is 471. The molecular weight excluding hydrogens is 246 g/mol. The molecule has 1 fully saturated rings. The highest BCUT2D eigenvalue weighted by Crippen LogP contribution is 2.41. The maximum atomic E-state index is 5.53. The van der Waals surface area contributed by atoms with Crippen molar-refractivity contribution < 1.29 is 4.74 Å². The van der Waals surface area contributed by atoms with E-state index in [1.807, 2.05) is 0 Å². The van der Waals surface area contributed by atoms with E-state index in [0.717, 1.165) is 11.4 Å². The van der Waals surface area contributed by atoms with E-state index in [1.165, 1.54) is 24.8 Å². The van der Waals surface area contributed by atoms with Gasteiger partial charge in [0.15, 0.2) is 0 Å². The van der Waals surface area contributed by atoms with Crippen molar-refractivity contribution in [3.63, 3.8) is 0 Å². The van der Waals surface area contributed by atoms with Crippen LogP contribution in [0.4, 0.5) is 5.69 Å². The van der Waals surface area contributed by atoms with E-state index in [0.29, 0.717) is 11.5 Å². The Morgan fingerprint density at radius 1 is 1.25 bits per heavy atom. The van der Waals surface area contributed by atoms with Crippen LogP contribution >= 0.6 is 0 Å². The molecule has 1 aliphatic rings. The van der Waals surface area contributed by atoms with Crippen molar-refractivity contribution in [3.05, 3.63) is 23.8 Å². The van der Waals surface area contributed by atoms with Crippen LogP contribution in [0.2, 0.25) is 0 Å². The van der Waals surface area contributed by atoms with Gasteiger partial charge in [-0.1, -0.05) is 47.1 Å². The van der Waals surface area contributed by atoms with Gasteiger partial charge in [0, 0.05) is 6.04 Å². The molecule has 2 heteroatoms. The molecule has 1 aromatic carbocycles. The van der Waals surface area contributed by atoms with Crippen LogP contribution < -0.4 is 10.1 Å². The molecule has 0 bridgehead atoms. The highest BCUT2D eigenvalue weighted by atomic mass is 16.5. The van der Waals surface area contributed by atoms with Gasteiger partial charge in [-0.3, -0.25) is 0 Å². The highest BCUT2D eigenvalue weighted by Gasteiger charge is 2.34. The normalized spacial score (nSPS) is 21.8. The Kier molecular flexibility index (Phi) is 4.04. The third kappa shape index (κ3) is 3.11. The summed E-state index contributed by atoms with van der Waals surface area (Å²) in [7, 11) is 1.75. The zero-order valence-electron chi connectivity index (χ0n) is 13.8. The second-order valence-electron chi connectivity index (χ2n) is 7.74. The average Bonchev–Trinajstić information content (AvgIpc) is 2.67. The molecular formula is C18H29NO. The summed E-state index contributed by atoms with van der Waals surface area (Å²) < 4.78 is 5.53. The molecule has 20 heavy (non-hydrogen) atoms. The molecule has 1 saturated carbocycles. The Hall–Kier alpha value is -1.18. The van der Waals surface area contributed by atoms with Crippen molar-refractivity contribution in [3.8, 4) is 5.75 Å². The van der Waals surface area contributed by atoms with E-state index >= 15 is 0 Å². The van der Waals surface area contributed by atoms with Gasteiger partial charge in [-0.25, -0.2) is 0 Å². The van der Waals surface area contributed by atoms with Crippen LogP contribution in [-0.2, 0) is 5.41 Å². The van der Waals surface area contributed by atoms with Crippen LogP contribution in [0.3, 0.4) is 0 Å². The van der Waals surface area contributed by atoms with Gasteiger partial charge in [-0.05, 0) is 41.4 Å². The molecule has 0 saturated heterocycles. The fourth-order valence-electron chi connectivity index (χ4n) is 3.07. The van der Waals surface area contributed by atoms with Crippen LogP contribution in [0.1, 0.15) is 59.4 Å². The lowest BCUT2D eigenvalue weighted by atomic mass is 9.85. The lowest BCUT2D eigenvalue weighted by Gasteiger charge is -2.30. The summed E-state index contributed by atoms with van der Waals surface area (Å²) in [6, 6.07) is 7.05. The van der Waals surface area contributed by atoms with Crippen LogP contribution in [0.15, 0.2) is 18.2 Å². The van der Waals surface area contributed by atoms with E-state index in [-0.39, 0.29) is 5.41 Å². The fraction of sp³-hybridized carbons (Fsp3) is 0.667. The molecule has 112 valence electrons. The molecule has 1 atom stereocenters. The molecule has 0 spiro atoms. The number of rotatable bonds is 3. The molecule has 0 aromatic heterocycles. The molecule has 0 heterocycles. The van der Waals surface area contributed by atoms with Crippen molar-refractivity contribution in [2.24, 2.45) is 5.41 Å². The molecule has 0 aliphatic heterocycles. The number of methoxy groups -OCH3 is 1. The highest BCUT2D eigenvalue weighted by molar-refractivity contribution is 5.59. The minimum atomic E-state index is 0.161. The summed E-state index contributed by atoms with van der Waals surface area (Å²) in [6.07, 6.45) is 3.85. The summed E-state index contributed by atoms with van der Waals surface area (Å²) in [5.74, 6) is 0.945. The van der Waals surface area contributed by atoms with E-state index in [9.17, 15) is 0 Å². The number of nitrogens with one attached hydrogen (secondary N) is 1. The summed E-state index contributed by atoms with van der Waals surface area (Å²) in [4.78, 5) is 0. The number of anilines is 1. The van der Waals surface area contributed by atoms with Crippen LogP contribution in [0, 0.1) is 5.41 Å². The zero-order valence-corrected chi connectivity index (χ0v) is 13.8. The van der Waals surface area contributed by atoms with Gasteiger partial charge < -0.3 is 10.1 Å². The molecule has 2 nitrogen and oxygen atoms in total. The fourth-order valence-corrected chi connectivity index (χ4v) is 3.07. The summed E-state index contributed by atoms with van der Waals surface area (Å²) in [6.45, 7) is 11.5. The Morgan fingerprint density at radius 3 is 2.45 bits per heavy atom. The van der Waals surface area contributed by atoms with Crippen LogP contribution in [0.5, 0.6) is 5.75 Å². The third-order valence-electron chi connectivity index (χ3n) is 4.65. The first-order valence-electron chi connectivity index (χ1n) is 7.69. The molecule has 0 radical (unpaired) electrons. The van der Waals surface area contributed by atoms with Gasteiger partial charge in [0.05, 0.1) is 12.8 Å². The maximum Gasteiger partial charge on any atom is 0.141 e. The van der Waals surface area contributed by atoms with Crippen molar-refractivity contribution >= 4 is 5.69 Å². The molecule has 1 aliphatic carbocycles. The summed E-state index contributed by atoms with van der Waals surface area (Å²) in [5, 5.41) is 3.74. The Labute approximate surface area is 123 Å². The summed E-state index contributed by atoms with van der Waals surface area (Å²) >= 11 is 0. The van der Waals surface area contributed by atoms with Crippen molar-refractivity contribution in [2.45, 2.75) is 65.3 Å². The Morgan fingerprint density at radius 2 is 1.95 bits per heavy atom. The first-order valence-corrected chi connectivity index (χ1v) is 7.69. The molecule has 2 rings (SSSR count). The number of benzene rings is 1. The zero-order chi connectivity index (χ0) is 15.0. The van der Waals surface area contributed by atoms with Crippen molar-refractivity contribution in [1.29, 1.82) is 0 Å². The second-order valence-corrected chi connectivity index (χ2v) is 7.74. The monoisotopic (exact) mass is 275 g/mol. The summed E-state index contributed by atoms with van der Waals surface area (Å²) in [5.41, 5.74) is 3.01. The second kappa shape index (κ2) is 5.31. The van der Waals surface area contributed by atoms with Crippen LogP contribution in [0.25, 0.3) is 0 Å². The number of hydrogen-bond donors (Lipinski definition) is 1. The van der Waals surface area contributed by atoms with E-state index in [2.05, 4.69) is 58.1 Å².